The van der Waals surface area contributed by atoms with Gasteiger partial charge in [0, 0.05) is 31.0 Å². The average molecular weight is 245 g/mol. The van der Waals surface area contributed by atoms with Crippen molar-refractivity contribution in [3.63, 3.8) is 0 Å². The average Bonchev–Trinajstić information content (AvgIpc) is 2.39. The largest absolute Gasteiger partial charge is 0.507 e. The summed E-state index contributed by atoms with van der Waals surface area (Å²) in [6, 6.07) is 3.77. The summed E-state index contributed by atoms with van der Waals surface area (Å²) in [5.74, 6) is 0.940. The number of phenols is 1. The lowest BCUT2D eigenvalue weighted by atomic mass is 10.2. The van der Waals surface area contributed by atoms with Gasteiger partial charge in [-0.2, -0.15) is 0 Å². The van der Waals surface area contributed by atoms with Gasteiger partial charge in [-0.1, -0.05) is 0 Å². The van der Waals surface area contributed by atoms with E-state index < -0.39 is 0 Å². The summed E-state index contributed by atoms with van der Waals surface area (Å²) in [6.07, 6.45) is 1.66. The maximum atomic E-state index is 10.0. The molecule has 0 spiro atoms. The molecule has 1 aromatic heterocycles. The summed E-state index contributed by atoms with van der Waals surface area (Å²) in [4.78, 5) is 10.7. The van der Waals surface area contributed by atoms with Crippen molar-refractivity contribution in [1.82, 2.24) is 9.97 Å². The Morgan fingerprint density at radius 2 is 2.06 bits per heavy atom. The maximum absolute atomic E-state index is 10.0. The molecule has 1 aliphatic heterocycles. The molecule has 5 heteroatoms. The zero-order chi connectivity index (χ0) is 12.5. The summed E-state index contributed by atoms with van der Waals surface area (Å²) in [5.41, 5.74) is 1.77. The van der Waals surface area contributed by atoms with E-state index in [-0.39, 0.29) is 5.75 Å². The van der Waals surface area contributed by atoms with E-state index in [0.717, 1.165) is 37.5 Å². The van der Waals surface area contributed by atoms with E-state index in [1.807, 2.05) is 13.0 Å². The van der Waals surface area contributed by atoms with Crippen LogP contribution in [0.2, 0.25) is 0 Å². The van der Waals surface area contributed by atoms with Crippen LogP contribution in [0.3, 0.4) is 0 Å². The third-order valence-corrected chi connectivity index (χ3v) is 3.16. The topological polar surface area (TPSA) is 58.5 Å². The Balaban J connectivity index is 2.07. The quantitative estimate of drug-likeness (QED) is 0.824. The van der Waals surface area contributed by atoms with E-state index in [9.17, 15) is 5.11 Å². The second-order valence-electron chi connectivity index (χ2n) is 4.41. The number of benzene rings is 1. The van der Waals surface area contributed by atoms with Crippen LogP contribution in [0, 0.1) is 6.92 Å². The second-order valence-corrected chi connectivity index (χ2v) is 4.41. The van der Waals surface area contributed by atoms with Gasteiger partial charge in [0.2, 0.25) is 0 Å². The van der Waals surface area contributed by atoms with Crippen molar-refractivity contribution in [1.29, 1.82) is 0 Å². The smallest absolute Gasteiger partial charge is 0.128 e. The van der Waals surface area contributed by atoms with Crippen LogP contribution in [0.15, 0.2) is 18.3 Å². The molecule has 1 fully saturated rings. The minimum atomic E-state index is 0.231. The summed E-state index contributed by atoms with van der Waals surface area (Å²) in [7, 11) is 0. The highest BCUT2D eigenvalue weighted by atomic mass is 16.5. The Hall–Kier alpha value is -1.88. The molecule has 2 heterocycles. The van der Waals surface area contributed by atoms with Crippen LogP contribution in [0.25, 0.3) is 10.9 Å². The van der Waals surface area contributed by atoms with E-state index in [1.165, 1.54) is 0 Å². The number of hydrogen-bond donors (Lipinski definition) is 1. The first-order valence-electron chi connectivity index (χ1n) is 6.03. The fraction of sp³-hybridized carbons (Fsp3) is 0.385. The number of aryl methyl sites for hydroxylation is 1. The first kappa shape index (κ1) is 11.2. The number of hydrogen-bond acceptors (Lipinski definition) is 5. The Labute approximate surface area is 105 Å². The van der Waals surface area contributed by atoms with Gasteiger partial charge in [0.25, 0.3) is 0 Å². The first-order chi connectivity index (χ1) is 8.74. The molecule has 0 radical (unpaired) electrons. The van der Waals surface area contributed by atoms with Gasteiger partial charge in [0.05, 0.1) is 24.1 Å². The molecule has 0 bridgehead atoms. The van der Waals surface area contributed by atoms with E-state index >= 15 is 0 Å². The molecule has 1 aromatic carbocycles. The van der Waals surface area contributed by atoms with E-state index in [0.29, 0.717) is 11.2 Å². The fourth-order valence-corrected chi connectivity index (χ4v) is 2.20. The number of rotatable bonds is 1. The van der Waals surface area contributed by atoms with Crippen molar-refractivity contribution in [2.45, 2.75) is 6.92 Å². The molecule has 0 aliphatic carbocycles. The number of aromatic nitrogens is 2. The van der Waals surface area contributed by atoms with Crippen LogP contribution < -0.4 is 4.90 Å². The van der Waals surface area contributed by atoms with Crippen LogP contribution in [-0.4, -0.2) is 41.4 Å². The Bertz CT molecular complexity index is 580. The minimum Gasteiger partial charge on any atom is -0.507 e. The zero-order valence-electron chi connectivity index (χ0n) is 10.3. The van der Waals surface area contributed by atoms with Crippen LogP contribution >= 0.6 is 0 Å². The number of phenolic OH excluding ortho intramolecular Hbond substituents is 1. The highest BCUT2D eigenvalue weighted by Gasteiger charge is 2.14. The number of aromatic hydroxyl groups is 1. The van der Waals surface area contributed by atoms with Crippen molar-refractivity contribution in [3.8, 4) is 5.75 Å². The molecule has 3 rings (SSSR count). The van der Waals surface area contributed by atoms with Gasteiger partial charge in [-0.3, -0.25) is 0 Å². The summed E-state index contributed by atoms with van der Waals surface area (Å²) in [6.45, 7) is 4.98. The lowest BCUT2D eigenvalue weighted by molar-refractivity contribution is 0.122. The predicted molar refractivity (Wildman–Crippen MR) is 69.0 cm³/mol. The number of fused-ring (bicyclic) bond motifs is 1. The number of morpholine rings is 1. The first-order valence-corrected chi connectivity index (χ1v) is 6.03. The molecule has 1 saturated heterocycles. The van der Waals surface area contributed by atoms with Gasteiger partial charge in [-0.05, 0) is 13.0 Å². The molecule has 94 valence electrons. The molecule has 5 nitrogen and oxygen atoms in total. The molecule has 1 aliphatic rings. The van der Waals surface area contributed by atoms with Gasteiger partial charge in [-0.15, -0.1) is 0 Å². The van der Waals surface area contributed by atoms with Crippen molar-refractivity contribution < 1.29 is 9.84 Å². The van der Waals surface area contributed by atoms with Gasteiger partial charge in [-0.25, -0.2) is 9.97 Å². The zero-order valence-corrected chi connectivity index (χ0v) is 10.3. The highest BCUT2D eigenvalue weighted by Crippen LogP contribution is 2.29. The summed E-state index contributed by atoms with van der Waals surface area (Å²) >= 11 is 0. The maximum Gasteiger partial charge on any atom is 0.128 e. The Kier molecular flexibility index (Phi) is 2.76. The molecule has 0 saturated carbocycles. The molecule has 1 N–H and O–H groups in total. The van der Waals surface area contributed by atoms with Crippen molar-refractivity contribution in [2.24, 2.45) is 0 Å². The third kappa shape index (κ3) is 1.97. The second kappa shape index (κ2) is 4.42. The molecular formula is C13H15N3O2. The lowest BCUT2D eigenvalue weighted by Crippen LogP contribution is -2.36. The van der Waals surface area contributed by atoms with Crippen LogP contribution in [0.1, 0.15) is 5.82 Å². The SMILES string of the molecule is Cc1ncc2c(O)cc(N3CCOCC3)cc2n1. The molecular weight excluding hydrogens is 230 g/mol. The number of nitrogens with zero attached hydrogens (tertiary/aromatic N) is 3. The number of ether oxygens (including phenoxy) is 1. The Morgan fingerprint density at radius 1 is 1.28 bits per heavy atom. The molecule has 0 unspecified atom stereocenters. The van der Waals surface area contributed by atoms with Crippen LogP contribution in [0.4, 0.5) is 5.69 Å². The van der Waals surface area contributed by atoms with Gasteiger partial charge in [0.15, 0.2) is 0 Å². The molecule has 18 heavy (non-hydrogen) atoms. The van der Waals surface area contributed by atoms with E-state index in [2.05, 4.69) is 14.9 Å². The van der Waals surface area contributed by atoms with Crippen molar-refractivity contribution in [3.05, 3.63) is 24.2 Å². The Morgan fingerprint density at radius 3 is 2.83 bits per heavy atom. The fourth-order valence-electron chi connectivity index (χ4n) is 2.20. The molecule has 2 aromatic rings. The highest BCUT2D eigenvalue weighted by molar-refractivity contribution is 5.87. The van der Waals surface area contributed by atoms with Crippen LogP contribution in [0.5, 0.6) is 5.75 Å². The number of anilines is 1. The standard InChI is InChI=1S/C13H15N3O2/c1-9-14-8-11-12(15-9)6-10(7-13(11)17)16-2-4-18-5-3-16/h6-8,17H,2-5H2,1H3. The monoisotopic (exact) mass is 245 g/mol. The van der Waals surface area contributed by atoms with Crippen molar-refractivity contribution >= 4 is 16.6 Å². The molecule has 0 atom stereocenters. The predicted octanol–water partition coefficient (Wildman–Crippen LogP) is 1.48. The summed E-state index contributed by atoms with van der Waals surface area (Å²) < 4.78 is 5.33. The van der Waals surface area contributed by atoms with Crippen molar-refractivity contribution in [2.75, 3.05) is 31.2 Å². The van der Waals surface area contributed by atoms with Gasteiger partial charge >= 0.3 is 0 Å². The normalized spacial score (nSPS) is 16.2. The van der Waals surface area contributed by atoms with Gasteiger partial charge < -0.3 is 14.7 Å². The van der Waals surface area contributed by atoms with Crippen LogP contribution in [-0.2, 0) is 4.74 Å². The summed E-state index contributed by atoms with van der Waals surface area (Å²) in [5, 5.41) is 10.7. The minimum absolute atomic E-state index is 0.231. The lowest BCUT2D eigenvalue weighted by Gasteiger charge is -2.29. The van der Waals surface area contributed by atoms with E-state index in [4.69, 9.17) is 4.74 Å². The molecule has 0 amide bonds. The third-order valence-electron chi connectivity index (χ3n) is 3.16. The van der Waals surface area contributed by atoms with Gasteiger partial charge in [0.1, 0.15) is 11.6 Å². The van der Waals surface area contributed by atoms with E-state index in [1.54, 1.807) is 12.3 Å².